The molecule has 0 aliphatic carbocycles. The van der Waals surface area contributed by atoms with Crippen LogP contribution >= 0.6 is 0 Å². The Morgan fingerprint density at radius 1 is 1.07 bits per heavy atom. The average Bonchev–Trinajstić information content (AvgIpc) is 3.08. The van der Waals surface area contributed by atoms with E-state index in [4.69, 9.17) is 16.5 Å². The van der Waals surface area contributed by atoms with Gasteiger partial charge >= 0.3 is 0 Å². The van der Waals surface area contributed by atoms with Crippen LogP contribution in [0.5, 0.6) is 5.75 Å². The predicted molar refractivity (Wildman–Crippen MR) is 118 cm³/mol. The Bertz CT molecular complexity index is 1200. The van der Waals surface area contributed by atoms with Crippen molar-refractivity contribution < 1.29 is 5.11 Å². The molecule has 0 atom stereocenters. The minimum Gasteiger partial charge on any atom is -0.508 e. The fourth-order valence-electron chi connectivity index (χ4n) is 3.83. The summed E-state index contributed by atoms with van der Waals surface area (Å²) < 4.78 is 2.25. The van der Waals surface area contributed by atoms with Gasteiger partial charge in [-0.05, 0) is 42.2 Å². The maximum Gasteiger partial charge on any atom is 0.152 e. The number of aryl methyl sites for hydroxylation is 2. The van der Waals surface area contributed by atoms with E-state index in [1.54, 1.807) is 6.07 Å². The number of hydrogen-bond acceptors (Lipinski definition) is 5. The van der Waals surface area contributed by atoms with Gasteiger partial charge in [0.15, 0.2) is 5.82 Å². The molecule has 0 bridgehead atoms. The van der Waals surface area contributed by atoms with Crippen LogP contribution in [0.3, 0.4) is 0 Å². The highest BCUT2D eigenvalue weighted by Crippen LogP contribution is 2.31. The van der Waals surface area contributed by atoms with E-state index in [1.807, 2.05) is 31.2 Å². The van der Waals surface area contributed by atoms with Crippen LogP contribution in [-0.2, 0) is 19.5 Å². The maximum absolute atomic E-state index is 9.89. The number of nitrogens with zero attached hydrogens (tertiary/aromatic N) is 3. The lowest BCUT2D eigenvalue weighted by Gasteiger charge is -2.12. The molecular weight excluding hydrogens is 362 g/mol. The summed E-state index contributed by atoms with van der Waals surface area (Å²) in [6, 6.07) is 11.8. The number of aromatic hydroxyl groups is 1. The molecule has 2 heterocycles. The van der Waals surface area contributed by atoms with E-state index in [9.17, 15) is 5.11 Å². The first-order chi connectivity index (χ1) is 14.0. The third-order valence-electron chi connectivity index (χ3n) is 5.44. The number of phenols is 1. The first kappa shape index (κ1) is 19.2. The number of nitrogen functional groups attached to an aromatic ring is 1. The lowest BCUT2D eigenvalue weighted by molar-refractivity contribution is 0.470. The molecule has 0 fully saturated rings. The number of phenolic OH excluding ortho intramolecular Hbond substituents is 1. The minimum atomic E-state index is 0.309. The lowest BCUT2D eigenvalue weighted by Crippen LogP contribution is -2.06. The summed E-state index contributed by atoms with van der Waals surface area (Å²) in [4.78, 5) is 9.47. The first-order valence-electron chi connectivity index (χ1n) is 10.1. The molecule has 0 unspecified atom stereocenters. The summed E-state index contributed by atoms with van der Waals surface area (Å²) in [5.41, 5.74) is 17.7. The number of hydrogen-bond donors (Lipinski definition) is 3. The van der Waals surface area contributed by atoms with Crippen LogP contribution in [0.15, 0.2) is 36.4 Å². The molecule has 0 radical (unpaired) electrons. The van der Waals surface area contributed by atoms with Crippen LogP contribution in [0, 0.1) is 6.92 Å². The molecule has 0 spiro atoms. The highest BCUT2D eigenvalue weighted by atomic mass is 16.3. The second-order valence-electron chi connectivity index (χ2n) is 7.59. The van der Waals surface area contributed by atoms with Gasteiger partial charge < -0.3 is 21.1 Å². The molecule has 4 rings (SSSR count). The van der Waals surface area contributed by atoms with E-state index >= 15 is 0 Å². The smallest absolute Gasteiger partial charge is 0.152 e. The molecule has 0 aliphatic heterocycles. The number of unbranched alkanes of at least 4 members (excludes halogenated alkanes) is 1. The van der Waals surface area contributed by atoms with Crippen molar-refractivity contribution in [1.82, 2.24) is 14.5 Å². The van der Waals surface area contributed by atoms with E-state index in [0.717, 1.165) is 63.7 Å². The van der Waals surface area contributed by atoms with Crippen LogP contribution in [0.1, 0.15) is 42.3 Å². The zero-order valence-corrected chi connectivity index (χ0v) is 16.9. The van der Waals surface area contributed by atoms with Crippen LogP contribution in [0.25, 0.3) is 21.9 Å². The standard InChI is InChI=1S/C23H27N5O/c1-3-4-5-20-27-21-22(28(20)13-16-7-9-19(29)14(2)10-16)17-8-6-15(12-24)11-18(17)26-23(21)25/h6-11,29H,3-5,12-13,24H2,1-2H3,(H2,25,26). The number of imidazole rings is 1. The van der Waals surface area contributed by atoms with Gasteiger partial charge in [-0.2, -0.15) is 0 Å². The number of aromatic nitrogens is 3. The Balaban J connectivity index is 1.96. The quantitative estimate of drug-likeness (QED) is 0.462. The monoisotopic (exact) mass is 389 g/mol. The predicted octanol–water partition coefficient (Wildman–Crippen LogP) is 4.03. The number of fused-ring (bicyclic) bond motifs is 3. The van der Waals surface area contributed by atoms with Crippen molar-refractivity contribution in [3.63, 3.8) is 0 Å². The number of rotatable bonds is 6. The van der Waals surface area contributed by atoms with E-state index in [1.165, 1.54) is 0 Å². The summed E-state index contributed by atoms with van der Waals surface area (Å²) in [7, 11) is 0. The Kier molecular flexibility index (Phi) is 5.11. The summed E-state index contributed by atoms with van der Waals surface area (Å²) >= 11 is 0. The fourth-order valence-corrected chi connectivity index (χ4v) is 3.83. The van der Waals surface area contributed by atoms with E-state index < -0.39 is 0 Å². The zero-order valence-electron chi connectivity index (χ0n) is 16.9. The van der Waals surface area contributed by atoms with Crippen molar-refractivity contribution in [3.05, 3.63) is 58.9 Å². The molecule has 0 saturated carbocycles. The van der Waals surface area contributed by atoms with Gasteiger partial charge in [-0.15, -0.1) is 0 Å². The molecule has 0 amide bonds. The maximum atomic E-state index is 9.89. The molecule has 0 saturated heterocycles. The van der Waals surface area contributed by atoms with Gasteiger partial charge in [0, 0.05) is 24.9 Å². The van der Waals surface area contributed by atoms with Gasteiger partial charge in [0.25, 0.3) is 0 Å². The van der Waals surface area contributed by atoms with Crippen LogP contribution < -0.4 is 11.5 Å². The second-order valence-corrected chi connectivity index (χ2v) is 7.59. The van der Waals surface area contributed by atoms with Crippen molar-refractivity contribution >= 4 is 27.8 Å². The largest absolute Gasteiger partial charge is 0.508 e. The topological polar surface area (TPSA) is 103 Å². The Morgan fingerprint density at radius 3 is 2.59 bits per heavy atom. The van der Waals surface area contributed by atoms with Crippen LogP contribution in [0.4, 0.5) is 5.82 Å². The third-order valence-corrected chi connectivity index (χ3v) is 5.44. The SMILES string of the molecule is CCCCc1nc2c(N)nc3cc(CN)ccc3c2n1Cc1ccc(O)c(C)c1. The molecule has 6 heteroatoms. The Hall–Kier alpha value is -3.12. The van der Waals surface area contributed by atoms with Crippen molar-refractivity contribution in [3.8, 4) is 5.75 Å². The number of pyridine rings is 1. The second kappa shape index (κ2) is 7.72. The minimum absolute atomic E-state index is 0.309. The number of anilines is 1. The van der Waals surface area contributed by atoms with E-state index in [0.29, 0.717) is 24.7 Å². The molecular formula is C23H27N5O. The molecule has 0 aliphatic rings. The van der Waals surface area contributed by atoms with Gasteiger partial charge in [0.05, 0.1) is 11.0 Å². The molecule has 29 heavy (non-hydrogen) atoms. The summed E-state index contributed by atoms with van der Waals surface area (Å²) in [6.45, 7) is 5.21. The summed E-state index contributed by atoms with van der Waals surface area (Å²) in [5.74, 6) is 1.76. The van der Waals surface area contributed by atoms with Gasteiger partial charge in [-0.25, -0.2) is 9.97 Å². The van der Waals surface area contributed by atoms with Gasteiger partial charge in [-0.1, -0.05) is 37.6 Å². The Morgan fingerprint density at radius 2 is 1.86 bits per heavy atom. The van der Waals surface area contributed by atoms with Crippen molar-refractivity contribution in [1.29, 1.82) is 0 Å². The lowest BCUT2D eigenvalue weighted by atomic mass is 10.1. The van der Waals surface area contributed by atoms with E-state index in [2.05, 4.69) is 22.5 Å². The van der Waals surface area contributed by atoms with Gasteiger partial charge in [-0.3, -0.25) is 0 Å². The van der Waals surface area contributed by atoms with E-state index in [-0.39, 0.29) is 0 Å². The molecule has 2 aromatic carbocycles. The average molecular weight is 390 g/mol. The van der Waals surface area contributed by atoms with Gasteiger partial charge in [0.2, 0.25) is 0 Å². The number of benzene rings is 2. The molecule has 6 nitrogen and oxygen atoms in total. The summed E-state index contributed by atoms with van der Waals surface area (Å²) in [6.07, 6.45) is 3.03. The highest BCUT2D eigenvalue weighted by molar-refractivity contribution is 6.06. The molecule has 150 valence electrons. The van der Waals surface area contributed by atoms with Crippen molar-refractivity contribution in [2.75, 3.05) is 5.73 Å². The van der Waals surface area contributed by atoms with Crippen molar-refractivity contribution in [2.24, 2.45) is 5.73 Å². The number of nitrogens with two attached hydrogens (primary N) is 2. The van der Waals surface area contributed by atoms with Crippen LogP contribution in [-0.4, -0.2) is 19.6 Å². The molecule has 4 aromatic rings. The van der Waals surface area contributed by atoms with Gasteiger partial charge in [0.1, 0.15) is 17.1 Å². The van der Waals surface area contributed by atoms with Crippen molar-refractivity contribution in [2.45, 2.75) is 46.2 Å². The molecule has 5 N–H and O–H groups in total. The first-order valence-corrected chi connectivity index (χ1v) is 10.1. The fraction of sp³-hybridized carbons (Fsp3) is 0.304. The highest BCUT2D eigenvalue weighted by Gasteiger charge is 2.18. The zero-order chi connectivity index (χ0) is 20.5. The molecule has 2 aromatic heterocycles. The van der Waals surface area contributed by atoms with Crippen LogP contribution in [0.2, 0.25) is 0 Å². The Labute approximate surface area is 170 Å². The third kappa shape index (κ3) is 3.51. The summed E-state index contributed by atoms with van der Waals surface area (Å²) in [5, 5.41) is 10.9. The normalized spacial score (nSPS) is 11.6.